The number of carbonyl (C=O) groups is 1. The maximum atomic E-state index is 11.1. The van der Waals surface area contributed by atoms with Crippen LogP contribution in [0.4, 0.5) is 0 Å². The topological polar surface area (TPSA) is 43.1 Å². The lowest BCUT2D eigenvalue weighted by atomic mass is 10.0. The number of Topliss-reactive ketones (excluding diaryl/α,β-unsaturated/α-hetero) is 1. The molecule has 0 radical (unpaired) electrons. The van der Waals surface area contributed by atoms with E-state index in [4.69, 9.17) is 0 Å². The Bertz CT molecular complexity index is 216. The molecule has 3 nitrogen and oxygen atoms in total. The van der Waals surface area contributed by atoms with Gasteiger partial charge in [-0.3, -0.25) is 4.79 Å². The Morgan fingerprint density at radius 3 is 2.20 bits per heavy atom. The number of hydrogen-bond donors (Lipinski definition) is 0. The van der Waals surface area contributed by atoms with Crippen molar-refractivity contribution in [3.63, 3.8) is 0 Å². The van der Waals surface area contributed by atoms with Crippen molar-refractivity contribution in [1.29, 1.82) is 0 Å². The Hall–Kier alpha value is -0.860. The summed E-state index contributed by atoms with van der Waals surface area (Å²) in [5.41, 5.74) is -0.175. The molecule has 0 fully saturated rings. The fourth-order valence-corrected chi connectivity index (χ4v) is 1.16. The second-order valence-electron chi connectivity index (χ2n) is 3.29. The minimum Gasteiger partial charge on any atom is -0.623 e. The van der Waals surface area contributed by atoms with Crippen LogP contribution in [0.15, 0.2) is 0 Å². The number of ketones is 1. The van der Waals surface area contributed by atoms with Crippen molar-refractivity contribution < 1.29 is 9.53 Å². The fraction of sp³-hybridized carbons (Fsp3) is 0.714. The van der Waals surface area contributed by atoms with Gasteiger partial charge in [-0.1, -0.05) is 0 Å². The van der Waals surface area contributed by atoms with Crippen molar-refractivity contribution >= 4 is 11.5 Å². The van der Waals surface area contributed by atoms with E-state index in [1.165, 1.54) is 0 Å². The molecule has 1 heterocycles. The van der Waals surface area contributed by atoms with Crippen molar-refractivity contribution in [2.24, 2.45) is 0 Å². The molecule has 0 bridgehead atoms. The highest BCUT2D eigenvalue weighted by atomic mass is 16.5. The van der Waals surface area contributed by atoms with E-state index in [9.17, 15) is 10.0 Å². The Labute approximate surface area is 59.9 Å². The predicted molar refractivity (Wildman–Crippen MR) is 38.0 cm³/mol. The summed E-state index contributed by atoms with van der Waals surface area (Å²) in [4.78, 5) is 10.9. The molecule has 0 amide bonds. The lowest BCUT2D eigenvalue weighted by Crippen LogP contribution is -2.28. The molecule has 0 saturated heterocycles. The van der Waals surface area contributed by atoms with Crippen molar-refractivity contribution in [2.45, 2.75) is 32.7 Å². The van der Waals surface area contributed by atoms with Crippen molar-refractivity contribution in [2.75, 3.05) is 0 Å². The first-order valence-electron chi connectivity index (χ1n) is 3.29. The van der Waals surface area contributed by atoms with Crippen LogP contribution in [0.25, 0.3) is 0 Å². The molecule has 0 N–H and O–H groups in total. The van der Waals surface area contributed by atoms with Crippen LogP contribution in [-0.4, -0.2) is 21.8 Å². The van der Waals surface area contributed by atoms with Gasteiger partial charge in [0.05, 0.1) is 6.42 Å². The molecule has 0 unspecified atom stereocenters. The van der Waals surface area contributed by atoms with Gasteiger partial charge in [-0.05, 0) is 0 Å². The van der Waals surface area contributed by atoms with Crippen molar-refractivity contribution in [3.8, 4) is 0 Å². The van der Waals surface area contributed by atoms with Gasteiger partial charge < -0.3 is 5.21 Å². The molecule has 56 valence electrons. The maximum Gasteiger partial charge on any atom is 0.229 e. The van der Waals surface area contributed by atoms with Gasteiger partial charge in [-0.15, -0.1) is 0 Å². The highest BCUT2D eigenvalue weighted by Crippen LogP contribution is 2.20. The number of rotatable bonds is 0. The summed E-state index contributed by atoms with van der Waals surface area (Å²) in [5.74, 6) is -0.0278. The molecular formula is C7H11NO2. The molecule has 0 aliphatic carbocycles. The van der Waals surface area contributed by atoms with Crippen molar-refractivity contribution in [1.82, 2.24) is 0 Å². The quantitative estimate of drug-likeness (QED) is 0.368. The van der Waals surface area contributed by atoms with Gasteiger partial charge in [-0.2, -0.15) is 0 Å². The lowest BCUT2D eigenvalue weighted by molar-refractivity contribution is -0.531. The monoisotopic (exact) mass is 141 g/mol. The predicted octanol–water partition coefficient (Wildman–Crippen LogP) is 0.709. The Kier molecular flexibility index (Phi) is 1.31. The van der Waals surface area contributed by atoms with Crippen molar-refractivity contribution in [3.05, 3.63) is 5.21 Å². The zero-order valence-corrected chi connectivity index (χ0v) is 6.47. The smallest absolute Gasteiger partial charge is 0.229 e. The molecule has 0 aromatic heterocycles. The zero-order valence-electron chi connectivity index (χ0n) is 6.47. The van der Waals surface area contributed by atoms with Crippen LogP contribution < -0.4 is 0 Å². The third-order valence-electron chi connectivity index (χ3n) is 1.85. The average molecular weight is 141 g/mol. The Balaban J connectivity index is 3.06. The van der Waals surface area contributed by atoms with Crippen LogP contribution in [0, 0.1) is 5.21 Å². The number of carbonyl (C=O) groups excluding carboxylic acids is 1. The fourth-order valence-electron chi connectivity index (χ4n) is 1.16. The van der Waals surface area contributed by atoms with Gasteiger partial charge >= 0.3 is 0 Å². The van der Waals surface area contributed by atoms with Gasteiger partial charge in [-0.25, -0.2) is 4.74 Å². The second-order valence-corrected chi connectivity index (χ2v) is 3.29. The first kappa shape index (κ1) is 7.25. The zero-order chi connectivity index (χ0) is 7.94. The molecule has 0 saturated carbocycles. The van der Waals surface area contributed by atoms with E-state index in [0.29, 0.717) is 12.1 Å². The van der Waals surface area contributed by atoms with Gasteiger partial charge in [0.25, 0.3) is 0 Å². The number of hydroxylamine groups is 1. The van der Waals surface area contributed by atoms with Crippen LogP contribution in [0.5, 0.6) is 0 Å². The first-order chi connectivity index (χ1) is 4.45. The van der Waals surface area contributed by atoms with E-state index >= 15 is 0 Å². The van der Waals surface area contributed by atoms with E-state index in [1.807, 2.05) is 0 Å². The largest absolute Gasteiger partial charge is 0.623 e. The van der Waals surface area contributed by atoms with E-state index in [2.05, 4.69) is 0 Å². The molecule has 1 rings (SSSR count). The minimum atomic E-state index is -0.513. The van der Waals surface area contributed by atoms with Crippen LogP contribution in [0.1, 0.15) is 27.2 Å². The molecule has 1 aliphatic heterocycles. The Morgan fingerprint density at radius 1 is 1.60 bits per heavy atom. The molecule has 0 atom stereocenters. The molecule has 3 heteroatoms. The minimum absolute atomic E-state index is 0.0278. The number of nitrogens with zero attached hydrogens (tertiary/aromatic N) is 1. The van der Waals surface area contributed by atoms with Gasteiger partial charge in [0.2, 0.25) is 11.5 Å². The summed E-state index contributed by atoms with van der Waals surface area (Å²) >= 11 is 0. The highest BCUT2D eigenvalue weighted by molar-refractivity contribution is 6.38. The van der Waals surface area contributed by atoms with E-state index in [1.54, 1.807) is 20.8 Å². The van der Waals surface area contributed by atoms with E-state index in [-0.39, 0.29) is 5.78 Å². The molecule has 0 spiro atoms. The molecular weight excluding hydrogens is 130 g/mol. The van der Waals surface area contributed by atoms with Gasteiger partial charge in [0, 0.05) is 20.8 Å². The normalized spacial score (nSPS) is 24.1. The van der Waals surface area contributed by atoms with Crippen LogP contribution in [0.2, 0.25) is 0 Å². The van der Waals surface area contributed by atoms with Crippen LogP contribution in [-0.2, 0) is 4.79 Å². The van der Waals surface area contributed by atoms with Gasteiger partial charge in [0.1, 0.15) is 0 Å². The summed E-state index contributed by atoms with van der Waals surface area (Å²) in [5, 5.41) is 11.1. The second kappa shape index (κ2) is 1.81. The van der Waals surface area contributed by atoms with Gasteiger partial charge in [0.15, 0.2) is 5.54 Å². The summed E-state index contributed by atoms with van der Waals surface area (Å²) in [6, 6.07) is 0. The lowest BCUT2D eigenvalue weighted by Gasteiger charge is -2.16. The third-order valence-corrected chi connectivity index (χ3v) is 1.85. The summed E-state index contributed by atoms with van der Waals surface area (Å²) in [6.45, 7) is 5.12. The van der Waals surface area contributed by atoms with E-state index < -0.39 is 5.54 Å². The maximum absolute atomic E-state index is 11.1. The standard InChI is InChI=1S/C7H11NO2/c1-5-6(9)4-7(2,3)8(5)10/h4H2,1-3H3. The average Bonchev–Trinajstić information content (AvgIpc) is 1.95. The summed E-state index contributed by atoms with van der Waals surface area (Å²) in [6.07, 6.45) is 0.350. The molecule has 0 aromatic carbocycles. The Morgan fingerprint density at radius 2 is 2.10 bits per heavy atom. The third kappa shape index (κ3) is 0.818. The van der Waals surface area contributed by atoms with Crippen LogP contribution >= 0.6 is 0 Å². The SMILES string of the molecule is CC1=[N+]([O-])C(C)(C)CC1=O. The molecule has 0 aromatic rings. The highest BCUT2D eigenvalue weighted by Gasteiger charge is 2.40. The number of hydrogen-bond acceptors (Lipinski definition) is 2. The molecule has 1 aliphatic rings. The van der Waals surface area contributed by atoms with Crippen LogP contribution in [0.3, 0.4) is 0 Å². The molecule has 10 heavy (non-hydrogen) atoms. The first-order valence-corrected chi connectivity index (χ1v) is 3.29. The summed E-state index contributed by atoms with van der Waals surface area (Å²) in [7, 11) is 0. The summed E-state index contributed by atoms with van der Waals surface area (Å²) < 4.78 is 0.801. The van der Waals surface area contributed by atoms with E-state index in [0.717, 1.165) is 4.74 Å².